The van der Waals surface area contributed by atoms with E-state index in [1.54, 1.807) is 66.7 Å². The lowest BCUT2D eigenvalue weighted by molar-refractivity contribution is 0.0446. The molecule has 2 amide bonds. The number of carbonyl (C=O) groups is 3. The van der Waals surface area contributed by atoms with Crippen molar-refractivity contribution in [1.82, 2.24) is 4.90 Å². The van der Waals surface area contributed by atoms with E-state index in [1.807, 2.05) is 0 Å². The topological polar surface area (TPSA) is 82.1 Å². The van der Waals surface area contributed by atoms with E-state index in [1.165, 1.54) is 7.11 Å². The molecule has 3 aromatic rings. The van der Waals surface area contributed by atoms with Gasteiger partial charge in [-0.25, -0.2) is 4.79 Å². The minimum atomic E-state index is -0.606. The zero-order chi connectivity index (χ0) is 23.4. The first-order valence-corrected chi connectivity index (χ1v) is 10.5. The lowest BCUT2D eigenvalue weighted by Gasteiger charge is -2.16. The summed E-state index contributed by atoms with van der Waals surface area (Å²) < 4.78 is 16.1. The van der Waals surface area contributed by atoms with Crippen molar-refractivity contribution in [2.75, 3.05) is 20.3 Å². The lowest BCUT2D eigenvalue weighted by Crippen LogP contribution is -2.29. The fourth-order valence-electron chi connectivity index (χ4n) is 3.51. The SMILES string of the molecule is COc1ccc(CN2C(=O)c3ccccc3C2=O)cc1C(=O)OCCOc1cccc(Cl)c1. The maximum atomic E-state index is 12.7. The van der Waals surface area contributed by atoms with Crippen LogP contribution in [-0.2, 0) is 11.3 Å². The van der Waals surface area contributed by atoms with Crippen molar-refractivity contribution in [3.63, 3.8) is 0 Å². The van der Waals surface area contributed by atoms with Gasteiger partial charge in [0.15, 0.2) is 0 Å². The Morgan fingerprint density at radius 3 is 2.30 bits per heavy atom. The molecule has 33 heavy (non-hydrogen) atoms. The van der Waals surface area contributed by atoms with Crippen LogP contribution in [0, 0.1) is 0 Å². The van der Waals surface area contributed by atoms with Gasteiger partial charge in [-0.05, 0) is 48.0 Å². The molecular weight excluding hydrogens is 446 g/mol. The van der Waals surface area contributed by atoms with Crippen LogP contribution in [0.5, 0.6) is 11.5 Å². The first-order valence-electron chi connectivity index (χ1n) is 10.2. The summed E-state index contributed by atoms with van der Waals surface area (Å²) in [5.74, 6) is -0.450. The molecule has 1 heterocycles. The molecule has 0 N–H and O–H groups in total. The van der Waals surface area contributed by atoms with Crippen LogP contribution in [0.3, 0.4) is 0 Å². The third-order valence-electron chi connectivity index (χ3n) is 5.08. The van der Waals surface area contributed by atoms with Crippen LogP contribution >= 0.6 is 11.6 Å². The standard InChI is InChI=1S/C25H20ClNO6/c1-31-22-10-9-16(15-27-23(28)19-7-2-3-8-20(19)24(27)29)13-21(22)25(30)33-12-11-32-18-6-4-5-17(26)14-18/h2-10,13-14H,11-12,15H2,1H3. The molecule has 0 bridgehead atoms. The number of ether oxygens (including phenoxy) is 3. The highest BCUT2D eigenvalue weighted by Gasteiger charge is 2.35. The van der Waals surface area contributed by atoms with E-state index in [0.717, 1.165) is 4.90 Å². The molecule has 0 unspecified atom stereocenters. The highest BCUT2D eigenvalue weighted by atomic mass is 35.5. The molecule has 0 fully saturated rings. The van der Waals surface area contributed by atoms with Gasteiger partial charge >= 0.3 is 5.97 Å². The molecule has 4 rings (SSSR count). The van der Waals surface area contributed by atoms with Crippen LogP contribution in [0.2, 0.25) is 5.02 Å². The van der Waals surface area contributed by atoms with Gasteiger partial charge in [0, 0.05) is 5.02 Å². The molecule has 3 aromatic carbocycles. The van der Waals surface area contributed by atoms with Gasteiger partial charge in [0.1, 0.15) is 30.3 Å². The van der Waals surface area contributed by atoms with Crippen LogP contribution in [0.1, 0.15) is 36.6 Å². The maximum absolute atomic E-state index is 12.7. The summed E-state index contributed by atoms with van der Waals surface area (Å²) in [6.07, 6.45) is 0. The number of rotatable bonds is 8. The minimum absolute atomic E-state index is 0.0110. The van der Waals surface area contributed by atoms with Crippen molar-refractivity contribution in [2.45, 2.75) is 6.54 Å². The Hall–Kier alpha value is -3.84. The highest BCUT2D eigenvalue weighted by molar-refractivity contribution is 6.30. The van der Waals surface area contributed by atoms with Crippen LogP contribution in [-0.4, -0.2) is 43.0 Å². The van der Waals surface area contributed by atoms with Gasteiger partial charge in [-0.2, -0.15) is 0 Å². The molecule has 168 valence electrons. The second-order valence-electron chi connectivity index (χ2n) is 7.22. The number of hydrogen-bond acceptors (Lipinski definition) is 6. The van der Waals surface area contributed by atoms with E-state index in [2.05, 4.69) is 0 Å². The van der Waals surface area contributed by atoms with E-state index in [-0.39, 0.29) is 37.1 Å². The summed E-state index contributed by atoms with van der Waals surface area (Å²) in [6, 6.07) is 18.4. The molecule has 0 spiro atoms. The monoisotopic (exact) mass is 465 g/mol. The summed E-state index contributed by atoms with van der Waals surface area (Å²) in [7, 11) is 1.44. The number of esters is 1. The molecule has 7 nitrogen and oxygen atoms in total. The summed E-state index contributed by atoms with van der Waals surface area (Å²) in [6.45, 7) is 0.175. The normalized spacial score (nSPS) is 12.5. The maximum Gasteiger partial charge on any atom is 0.342 e. The fraction of sp³-hybridized carbons (Fsp3) is 0.160. The van der Waals surface area contributed by atoms with Crippen LogP contribution < -0.4 is 9.47 Å². The number of imide groups is 1. The second kappa shape index (κ2) is 9.75. The van der Waals surface area contributed by atoms with Crippen LogP contribution in [0.4, 0.5) is 0 Å². The first kappa shape index (κ1) is 22.4. The summed E-state index contributed by atoms with van der Waals surface area (Å²) in [5, 5.41) is 0.545. The Morgan fingerprint density at radius 2 is 1.64 bits per heavy atom. The van der Waals surface area contributed by atoms with Crippen molar-refractivity contribution in [2.24, 2.45) is 0 Å². The summed E-state index contributed by atoms with van der Waals surface area (Å²) in [4.78, 5) is 39.1. The number of carbonyl (C=O) groups excluding carboxylic acids is 3. The van der Waals surface area contributed by atoms with E-state index in [9.17, 15) is 14.4 Å². The predicted molar refractivity (Wildman–Crippen MR) is 121 cm³/mol. The van der Waals surface area contributed by atoms with E-state index < -0.39 is 5.97 Å². The van der Waals surface area contributed by atoms with Gasteiger partial charge in [-0.3, -0.25) is 14.5 Å². The van der Waals surface area contributed by atoms with Crippen molar-refractivity contribution < 1.29 is 28.6 Å². The van der Waals surface area contributed by atoms with Gasteiger partial charge < -0.3 is 14.2 Å². The Labute approximate surface area is 195 Å². The Balaban J connectivity index is 1.42. The number of fused-ring (bicyclic) bond motifs is 1. The lowest BCUT2D eigenvalue weighted by atomic mass is 10.1. The number of nitrogens with zero attached hydrogens (tertiary/aromatic N) is 1. The molecule has 0 aromatic heterocycles. The van der Waals surface area contributed by atoms with Gasteiger partial charge in [-0.15, -0.1) is 0 Å². The number of benzene rings is 3. The summed E-state index contributed by atoms with van der Waals surface area (Å²) in [5.41, 5.74) is 1.52. The molecule has 0 aliphatic carbocycles. The molecule has 0 saturated heterocycles. The van der Waals surface area contributed by atoms with Gasteiger partial charge in [0.2, 0.25) is 0 Å². The van der Waals surface area contributed by atoms with Crippen LogP contribution in [0.25, 0.3) is 0 Å². The minimum Gasteiger partial charge on any atom is -0.496 e. The predicted octanol–water partition coefficient (Wildman–Crippen LogP) is 4.38. The molecule has 1 aliphatic rings. The Kier molecular flexibility index (Phi) is 6.60. The quantitative estimate of drug-likeness (QED) is 0.279. The van der Waals surface area contributed by atoms with E-state index in [4.69, 9.17) is 25.8 Å². The van der Waals surface area contributed by atoms with Gasteiger partial charge in [0.25, 0.3) is 11.8 Å². The molecule has 0 radical (unpaired) electrons. The molecule has 0 saturated carbocycles. The molecule has 0 atom stereocenters. The Morgan fingerprint density at radius 1 is 0.909 bits per heavy atom. The van der Waals surface area contributed by atoms with Gasteiger partial charge in [0.05, 0.1) is 24.8 Å². The number of methoxy groups -OCH3 is 1. The third-order valence-corrected chi connectivity index (χ3v) is 5.32. The van der Waals surface area contributed by atoms with Gasteiger partial charge in [-0.1, -0.05) is 35.9 Å². The van der Waals surface area contributed by atoms with E-state index >= 15 is 0 Å². The average molecular weight is 466 g/mol. The third kappa shape index (κ3) is 4.83. The number of hydrogen-bond donors (Lipinski definition) is 0. The molecule has 1 aliphatic heterocycles. The number of halogens is 1. The van der Waals surface area contributed by atoms with Crippen molar-refractivity contribution in [3.8, 4) is 11.5 Å². The first-order chi connectivity index (χ1) is 16.0. The Bertz CT molecular complexity index is 1190. The summed E-state index contributed by atoms with van der Waals surface area (Å²) >= 11 is 5.92. The van der Waals surface area contributed by atoms with Crippen molar-refractivity contribution in [1.29, 1.82) is 0 Å². The zero-order valence-corrected chi connectivity index (χ0v) is 18.5. The second-order valence-corrected chi connectivity index (χ2v) is 7.65. The molecule has 8 heteroatoms. The highest BCUT2D eigenvalue weighted by Crippen LogP contribution is 2.27. The largest absolute Gasteiger partial charge is 0.496 e. The van der Waals surface area contributed by atoms with Crippen molar-refractivity contribution >= 4 is 29.4 Å². The van der Waals surface area contributed by atoms with Crippen molar-refractivity contribution in [3.05, 3.63) is 94.0 Å². The molecular formula is C25H20ClNO6. The van der Waals surface area contributed by atoms with E-state index in [0.29, 0.717) is 33.2 Å². The van der Waals surface area contributed by atoms with Crippen LogP contribution in [0.15, 0.2) is 66.7 Å². The zero-order valence-electron chi connectivity index (χ0n) is 17.7. The fourth-order valence-corrected chi connectivity index (χ4v) is 3.69. The number of amides is 2. The smallest absolute Gasteiger partial charge is 0.342 e. The average Bonchev–Trinajstić information content (AvgIpc) is 3.07.